The zero-order valence-corrected chi connectivity index (χ0v) is 5.85. The predicted octanol–water partition coefficient (Wildman–Crippen LogP) is 0.253. The molecule has 2 heteroatoms. The molecule has 1 aliphatic rings. The van der Waals surface area contributed by atoms with E-state index in [1.165, 1.54) is 5.57 Å². The summed E-state index contributed by atoms with van der Waals surface area (Å²) in [5.74, 6) is 0. The molecule has 0 aromatic carbocycles. The van der Waals surface area contributed by atoms with Gasteiger partial charge in [0, 0.05) is 19.1 Å². The molecule has 0 saturated heterocycles. The summed E-state index contributed by atoms with van der Waals surface area (Å²) < 4.78 is 0. The van der Waals surface area contributed by atoms with Gasteiger partial charge in [0.2, 0.25) is 0 Å². The van der Waals surface area contributed by atoms with E-state index < -0.39 is 0 Å². The van der Waals surface area contributed by atoms with E-state index in [2.05, 4.69) is 18.3 Å². The van der Waals surface area contributed by atoms with Gasteiger partial charge < -0.3 is 11.1 Å². The molecule has 1 atom stereocenters. The van der Waals surface area contributed by atoms with Gasteiger partial charge in [0.25, 0.3) is 0 Å². The van der Waals surface area contributed by atoms with Crippen LogP contribution in [0.3, 0.4) is 0 Å². The van der Waals surface area contributed by atoms with Crippen LogP contribution in [-0.4, -0.2) is 19.1 Å². The largest absolute Gasteiger partial charge is 0.327 e. The molecule has 0 fully saturated rings. The van der Waals surface area contributed by atoms with Gasteiger partial charge in [0.05, 0.1) is 0 Å². The van der Waals surface area contributed by atoms with Gasteiger partial charge >= 0.3 is 0 Å². The first-order chi connectivity index (χ1) is 4.38. The second-order valence-corrected chi connectivity index (χ2v) is 2.35. The first-order valence-electron chi connectivity index (χ1n) is 3.50. The fourth-order valence-corrected chi connectivity index (χ4v) is 1.24. The van der Waals surface area contributed by atoms with E-state index >= 15 is 0 Å². The minimum atomic E-state index is 0.565. The molecule has 0 radical (unpaired) electrons. The second kappa shape index (κ2) is 2.99. The van der Waals surface area contributed by atoms with Crippen LogP contribution in [0.25, 0.3) is 0 Å². The first kappa shape index (κ1) is 6.78. The Labute approximate surface area is 56.1 Å². The van der Waals surface area contributed by atoms with Crippen molar-refractivity contribution in [2.45, 2.75) is 19.4 Å². The summed E-state index contributed by atoms with van der Waals surface area (Å²) in [6, 6.07) is 0.565. The topological polar surface area (TPSA) is 38.0 Å². The monoisotopic (exact) mass is 126 g/mol. The summed E-state index contributed by atoms with van der Waals surface area (Å²) in [4.78, 5) is 0. The standard InChI is InChI=1S/C7H14N2/c1-2-7-6(5-8)3-4-9-7/h3,7,9H,2,4-5,8H2,1H3. The predicted molar refractivity (Wildman–Crippen MR) is 39.2 cm³/mol. The van der Waals surface area contributed by atoms with Gasteiger partial charge in [-0.3, -0.25) is 0 Å². The molecule has 0 aromatic rings. The summed E-state index contributed by atoms with van der Waals surface area (Å²) in [6.45, 7) is 3.89. The van der Waals surface area contributed by atoms with Crippen LogP contribution in [0.5, 0.6) is 0 Å². The van der Waals surface area contributed by atoms with Crippen molar-refractivity contribution in [2.75, 3.05) is 13.1 Å². The number of hydrogen-bond donors (Lipinski definition) is 2. The summed E-state index contributed by atoms with van der Waals surface area (Å²) in [7, 11) is 0. The second-order valence-electron chi connectivity index (χ2n) is 2.35. The molecule has 1 aliphatic heterocycles. The Morgan fingerprint density at radius 3 is 3.11 bits per heavy atom. The molecule has 52 valence electrons. The average Bonchev–Trinajstić information content (AvgIpc) is 2.33. The molecule has 0 spiro atoms. The maximum atomic E-state index is 5.49. The van der Waals surface area contributed by atoms with E-state index in [1.54, 1.807) is 0 Å². The van der Waals surface area contributed by atoms with Crippen molar-refractivity contribution in [3.8, 4) is 0 Å². The molecule has 0 saturated carbocycles. The highest BCUT2D eigenvalue weighted by Crippen LogP contribution is 2.08. The third-order valence-corrected chi connectivity index (χ3v) is 1.82. The SMILES string of the molecule is CCC1NCC=C1CN. The molecule has 0 bridgehead atoms. The smallest absolute Gasteiger partial charge is 0.0292 e. The van der Waals surface area contributed by atoms with Crippen LogP contribution in [0.15, 0.2) is 11.6 Å². The van der Waals surface area contributed by atoms with Gasteiger partial charge in [-0.05, 0) is 12.0 Å². The van der Waals surface area contributed by atoms with E-state index in [1.807, 2.05) is 0 Å². The van der Waals surface area contributed by atoms with E-state index in [9.17, 15) is 0 Å². The van der Waals surface area contributed by atoms with Crippen molar-refractivity contribution in [3.63, 3.8) is 0 Å². The lowest BCUT2D eigenvalue weighted by Gasteiger charge is -2.10. The summed E-state index contributed by atoms with van der Waals surface area (Å²) in [5, 5.41) is 3.33. The van der Waals surface area contributed by atoms with Crippen molar-refractivity contribution in [1.29, 1.82) is 0 Å². The molecule has 2 nitrogen and oxygen atoms in total. The Hall–Kier alpha value is -0.340. The molecule has 1 heterocycles. The molecule has 1 rings (SSSR count). The molecule has 0 aromatic heterocycles. The molecular formula is C7H14N2. The number of rotatable bonds is 2. The molecule has 1 unspecified atom stereocenters. The lowest BCUT2D eigenvalue weighted by molar-refractivity contribution is 0.619. The van der Waals surface area contributed by atoms with E-state index in [-0.39, 0.29) is 0 Å². The van der Waals surface area contributed by atoms with Gasteiger partial charge in [0.1, 0.15) is 0 Å². The van der Waals surface area contributed by atoms with Crippen molar-refractivity contribution in [3.05, 3.63) is 11.6 Å². The normalized spacial score (nSPS) is 26.4. The van der Waals surface area contributed by atoms with Crippen LogP contribution in [0.1, 0.15) is 13.3 Å². The Kier molecular flexibility index (Phi) is 2.25. The van der Waals surface area contributed by atoms with Gasteiger partial charge in [-0.1, -0.05) is 13.0 Å². The van der Waals surface area contributed by atoms with Gasteiger partial charge in [-0.25, -0.2) is 0 Å². The highest BCUT2D eigenvalue weighted by molar-refractivity contribution is 5.18. The van der Waals surface area contributed by atoms with Crippen molar-refractivity contribution >= 4 is 0 Å². The van der Waals surface area contributed by atoms with Crippen LogP contribution in [0, 0.1) is 0 Å². The molecular weight excluding hydrogens is 112 g/mol. The fourth-order valence-electron chi connectivity index (χ4n) is 1.24. The van der Waals surface area contributed by atoms with Crippen molar-refractivity contribution in [2.24, 2.45) is 5.73 Å². The van der Waals surface area contributed by atoms with Crippen LogP contribution >= 0.6 is 0 Å². The highest BCUT2D eigenvalue weighted by Gasteiger charge is 2.13. The molecule has 0 amide bonds. The lowest BCUT2D eigenvalue weighted by Crippen LogP contribution is -2.26. The minimum absolute atomic E-state index is 0.565. The Bertz CT molecular complexity index is 118. The lowest BCUT2D eigenvalue weighted by atomic mass is 10.1. The minimum Gasteiger partial charge on any atom is -0.327 e. The van der Waals surface area contributed by atoms with E-state index in [0.717, 1.165) is 13.0 Å². The van der Waals surface area contributed by atoms with Gasteiger partial charge in [-0.2, -0.15) is 0 Å². The summed E-state index contributed by atoms with van der Waals surface area (Å²) in [5.41, 5.74) is 6.86. The van der Waals surface area contributed by atoms with Crippen LogP contribution in [0.4, 0.5) is 0 Å². The Balaban J connectivity index is 2.47. The van der Waals surface area contributed by atoms with E-state index in [0.29, 0.717) is 12.6 Å². The Morgan fingerprint density at radius 1 is 1.89 bits per heavy atom. The van der Waals surface area contributed by atoms with Gasteiger partial charge in [0.15, 0.2) is 0 Å². The number of nitrogens with one attached hydrogen (secondary N) is 1. The molecule has 9 heavy (non-hydrogen) atoms. The van der Waals surface area contributed by atoms with Crippen molar-refractivity contribution in [1.82, 2.24) is 5.32 Å². The summed E-state index contributed by atoms with van der Waals surface area (Å²) >= 11 is 0. The molecule has 3 N–H and O–H groups in total. The zero-order chi connectivity index (χ0) is 6.69. The van der Waals surface area contributed by atoms with E-state index in [4.69, 9.17) is 5.73 Å². The van der Waals surface area contributed by atoms with Crippen molar-refractivity contribution < 1.29 is 0 Å². The first-order valence-corrected chi connectivity index (χ1v) is 3.50. The quantitative estimate of drug-likeness (QED) is 0.521. The highest BCUT2D eigenvalue weighted by atomic mass is 14.9. The van der Waals surface area contributed by atoms with Crippen LogP contribution < -0.4 is 11.1 Å². The maximum Gasteiger partial charge on any atom is 0.0292 e. The number of nitrogens with two attached hydrogens (primary N) is 1. The zero-order valence-electron chi connectivity index (χ0n) is 5.85. The third kappa shape index (κ3) is 1.32. The van der Waals surface area contributed by atoms with Gasteiger partial charge in [-0.15, -0.1) is 0 Å². The van der Waals surface area contributed by atoms with Crippen LogP contribution in [0.2, 0.25) is 0 Å². The number of hydrogen-bond acceptors (Lipinski definition) is 2. The summed E-state index contributed by atoms with van der Waals surface area (Å²) in [6.07, 6.45) is 3.34. The maximum absolute atomic E-state index is 5.49. The average molecular weight is 126 g/mol. The van der Waals surface area contributed by atoms with Crippen LogP contribution in [-0.2, 0) is 0 Å². The molecule has 0 aliphatic carbocycles. The third-order valence-electron chi connectivity index (χ3n) is 1.82. The fraction of sp³-hybridized carbons (Fsp3) is 0.714. The Morgan fingerprint density at radius 2 is 2.67 bits per heavy atom.